The topological polar surface area (TPSA) is 59.4 Å². The quantitative estimate of drug-likeness (QED) is 0.653. The second kappa shape index (κ2) is 9.38. The molecule has 1 atom stereocenters. The number of hydrogen-bond acceptors (Lipinski definition) is 4. The van der Waals surface area contributed by atoms with Gasteiger partial charge >= 0.3 is 0 Å². The number of nitrogens with zero attached hydrogens (tertiary/aromatic N) is 3. The highest BCUT2D eigenvalue weighted by Crippen LogP contribution is 2.28. The van der Waals surface area contributed by atoms with Crippen molar-refractivity contribution in [3.63, 3.8) is 0 Å². The molecule has 6 nitrogen and oxygen atoms in total. The highest BCUT2D eigenvalue weighted by atomic mass is 35.5. The van der Waals surface area contributed by atoms with E-state index in [4.69, 9.17) is 16.3 Å². The van der Waals surface area contributed by atoms with E-state index in [1.54, 1.807) is 30.6 Å². The molecule has 1 amide bonds. The van der Waals surface area contributed by atoms with Crippen molar-refractivity contribution in [1.82, 2.24) is 20.0 Å². The number of hydrogen-bond donors (Lipinski definition) is 1. The van der Waals surface area contributed by atoms with E-state index in [0.717, 1.165) is 18.7 Å². The molecule has 8 heteroatoms. The molecule has 1 aliphatic rings. The van der Waals surface area contributed by atoms with Crippen molar-refractivity contribution in [2.45, 2.75) is 6.04 Å². The van der Waals surface area contributed by atoms with Crippen LogP contribution < -0.4 is 5.32 Å². The predicted octanol–water partition coefficient (Wildman–Crippen LogP) is 3.47. The van der Waals surface area contributed by atoms with Gasteiger partial charge in [-0.1, -0.05) is 29.8 Å². The maximum atomic E-state index is 14.5. The van der Waals surface area contributed by atoms with E-state index in [1.807, 2.05) is 24.3 Å². The normalized spacial score (nSPS) is 15.7. The maximum absolute atomic E-state index is 14.5. The van der Waals surface area contributed by atoms with Crippen LogP contribution in [-0.2, 0) is 4.74 Å². The minimum Gasteiger partial charge on any atom is -0.379 e. The molecule has 3 aromatic rings. The molecule has 0 saturated carbocycles. The van der Waals surface area contributed by atoms with Crippen LogP contribution in [0.2, 0.25) is 5.02 Å². The Morgan fingerprint density at radius 2 is 2.00 bits per heavy atom. The lowest BCUT2D eigenvalue weighted by Crippen LogP contribution is -2.44. The van der Waals surface area contributed by atoms with E-state index in [0.29, 0.717) is 30.5 Å². The molecule has 0 spiro atoms. The number of amides is 1. The van der Waals surface area contributed by atoms with Gasteiger partial charge < -0.3 is 10.1 Å². The molecule has 0 radical (unpaired) electrons. The number of rotatable bonds is 6. The Kier molecular flexibility index (Phi) is 6.42. The van der Waals surface area contributed by atoms with E-state index >= 15 is 0 Å². The van der Waals surface area contributed by atoms with Crippen molar-refractivity contribution in [3.05, 3.63) is 82.9 Å². The second-order valence-corrected chi connectivity index (χ2v) is 7.42. The molecule has 1 unspecified atom stereocenters. The van der Waals surface area contributed by atoms with Gasteiger partial charge in [0.05, 0.1) is 19.3 Å². The van der Waals surface area contributed by atoms with E-state index in [9.17, 15) is 9.18 Å². The van der Waals surface area contributed by atoms with Crippen LogP contribution in [0.5, 0.6) is 0 Å². The molecule has 156 valence electrons. The molecule has 4 rings (SSSR count). The van der Waals surface area contributed by atoms with Gasteiger partial charge in [0.25, 0.3) is 5.91 Å². The van der Waals surface area contributed by atoms with Crippen LogP contribution in [0, 0.1) is 5.82 Å². The summed E-state index contributed by atoms with van der Waals surface area (Å²) in [5.41, 5.74) is 1.49. The lowest BCUT2D eigenvalue weighted by Gasteiger charge is -2.35. The van der Waals surface area contributed by atoms with Crippen LogP contribution in [-0.4, -0.2) is 53.4 Å². The standard InChI is InChI=1S/C22H22ClFN4O2/c23-18-5-2-1-4-17(18)21(27-10-12-30-13-11-27)15-25-22(29)16-6-7-20(19(24)14-16)28-9-3-8-26-28/h1-9,14,21H,10-13,15H2,(H,25,29). The van der Waals surface area contributed by atoms with Crippen molar-refractivity contribution < 1.29 is 13.9 Å². The number of morpholine rings is 1. The summed E-state index contributed by atoms with van der Waals surface area (Å²) < 4.78 is 21.4. The molecule has 1 aromatic heterocycles. The van der Waals surface area contributed by atoms with E-state index in [2.05, 4.69) is 15.3 Å². The number of halogens is 2. The van der Waals surface area contributed by atoms with Gasteiger partial charge in [-0.25, -0.2) is 9.07 Å². The average molecular weight is 429 g/mol. The third-order valence-corrected chi connectivity index (χ3v) is 5.51. The molecule has 0 aliphatic carbocycles. The minimum atomic E-state index is -0.512. The molecular weight excluding hydrogens is 407 g/mol. The Bertz CT molecular complexity index is 1010. The first-order valence-corrected chi connectivity index (χ1v) is 10.2. The Morgan fingerprint density at radius 1 is 1.20 bits per heavy atom. The SMILES string of the molecule is O=C(NCC(c1ccccc1Cl)N1CCOCC1)c1ccc(-n2cccn2)c(F)c1. The van der Waals surface area contributed by atoms with Gasteiger partial charge in [0.1, 0.15) is 11.5 Å². The number of carbonyl (C=O) groups is 1. The molecule has 2 aromatic carbocycles. The first-order chi connectivity index (χ1) is 14.6. The van der Waals surface area contributed by atoms with E-state index < -0.39 is 5.82 Å². The number of carbonyl (C=O) groups excluding carboxylic acids is 1. The largest absolute Gasteiger partial charge is 0.379 e. The molecule has 0 bridgehead atoms. The molecular formula is C22H22ClFN4O2. The van der Waals surface area contributed by atoms with Crippen molar-refractivity contribution in [3.8, 4) is 5.69 Å². The summed E-state index contributed by atoms with van der Waals surface area (Å²) in [5, 5.41) is 7.61. The third kappa shape index (κ3) is 4.53. The molecule has 2 heterocycles. The smallest absolute Gasteiger partial charge is 0.251 e. The highest BCUT2D eigenvalue weighted by Gasteiger charge is 2.25. The number of benzene rings is 2. The first-order valence-electron chi connectivity index (χ1n) is 9.77. The van der Waals surface area contributed by atoms with Crippen molar-refractivity contribution >= 4 is 17.5 Å². The van der Waals surface area contributed by atoms with Crippen LogP contribution in [0.1, 0.15) is 22.0 Å². The monoisotopic (exact) mass is 428 g/mol. The van der Waals surface area contributed by atoms with Gasteiger partial charge in [-0.3, -0.25) is 9.69 Å². The van der Waals surface area contributed by atoms with Crippen molar-refractivity contribution in [1.29, 1.82) is 0 Å². The lowest BCUT2D eigenvalue weighted by molar-refractivity contribution is 0.0162. The van der Waals surface area contributed by atoms with E-state index in [-0.39, 0.29) is 17.5 Å². The van der Waals surface area contributed by atoms with Gasteiger partial charge in [0.15, 0.2) is 0 Å². The molecule has 1 fully saturated rings. The van der Waals surface area contributed by atoms with Crippen molar-refractivity contribution in [2.75, 3.05) is 32.8 Å². The fraction of sp³-hybridized carbons (Fsp3) is 0.273. The zero-order valence-corrected chi connectivity index (χ0v) is 17.1. The number of aromatic nitrogens is 2. The van der Waals surface area contributed by atoms with Crippen LogP contribution in [0.4, 0.5) is 4.39 Å². The summed E-state index contributed by atoms with van der Waals surface area (Å²) in [5.74, 6) is -0.853. The second-order valence-electron chi connectivity index (χ2n) is 7.01. The fourth-order valence-corrected chi connectivity index (χ4v) is 3.87. The van der Waals surface area contributed by atoms with Crippen LogP contribution in [0.3, 0.4) is 0 Å². The third-order valence-electron chi connectivity index (χ3n) is 5.17. The van der Waals surface area contributed by atoms with Gasteiger partial charge in [0.2, 0.25) is 0 Å². The lowest BCUT2D eigenvalue weighted by atomic mass is 10.0. The Hall–Kier alpha value is -2.74. The Balaban J connectivity index is 1.50. The molecule has 1 N–H and O–H groups in total. The first kappa shape index (κ1) is 20.5. The zero-order valence-electron chi connectivity index (χ0n) is 16.3. The number of nitrogens with one attached hydrogen (secondary N) is 1. The van der Waals surface area contributed by atoms with Crippen molar-refractivity contribution in [2.24, 2.45) is 0 Å². The zero-order chi connectivity index (χ0) is 20.9. The summed E-state index contributed by atoms with van der Waals surface area (Å²) in [6.45, 7) is 3.12. The molecule has 1 aliphatic heterocycles. The van der Waals surface area contributed by atoms with Crippen LogP contribution in [0.25, 0.3) is 5.69 Å². The van der Waals surface area contributed by atoms with E-state index in [1.165, 1.54) is 10.7 Å². The fourth-order valence-electron chi connectivity index (χ4n) is 3.61. The number of ether oxygens (including phenoxy) is 1. The van der Waals surface area contributed by atoms with Crippen LogP contribution >= 0.6 is 11.6 Å². The Morgan fingerprint density at radius 3 is 2.70 bits per heavy atom. The molecule has 30 heavy (non-hydrogen) atoms. The van der Waals surface area contributed by atoms with Crippen LogP contribution in [0.15, 0.2) is 60.9 Å². The summed E-state index contributed by atoms with van der Waals surface area (Å²) >= 11 is 6.43. The highest BCUT2D eigenvalue weighted by molar-refractivity contribution is 6.31. The summed E-state index contributed by atoms with van der Waals surface area (Å²) in [6.07, 6.45) is 3.22. The minimum absolute atomic E-state index is 0.0975. The summed E-state index contributed by atoms with van der Waals surface area (Å²) in [6, 6.07) is 13.6. The maximum Gasteiger partial charge on any atom is 0.251 e. The Labute approximate surface area is 179 Å². The predicted molar refractivity (Wildman–Crippen MR) is 112 cm³/mol. The summed E-state index contributed by atoms with van der Waals surface area (Å²) in [7, 11) is 0. The van der Waals surface area contributed by atoms with Gasteiger partial charge in [-0.05, 0) is 35.9 Å². The molecule has 1 saturated heterocycles. The van der Waals surface area contributed by atoms with Gasteiger partial charge in [-0.2, -0.15) is 5.10 Å². The summed E-state index contributed by atoms with van der Waals surface area (Å²) in [4.78, 5) is 15.0. The van der Waals surface area contributed by atoms with Gasteiger partial charge in [0, 0.05) is 42.6 Å². The van der Waals surface area contributed by atoms with Gasteiger partial charge in [-0.15, -0.1) is 0 Å². The average Bonchev–Trinajstić information content (AvgIpc) is 3.30.